The Hall–Kier alpha value is -1.74. The van der Waals surface area contributed by atoms with Gasteiger partial charge in [0.1, 0.15) is 0 Å². The largest absolute Gasteiger partial charge is 0.413 e. The molecular weight excluding hydrogens is 297 g/mol. The van der Waals surface area contributed by atoms with Gasteiger partial charge in [0.2, 0.25) is 0 Å². The van der Waals surface area contributed by atoms with Crippen LogP contribution in [-0.4, -0.2) is 6.18 Å². The number of fused-ring (bicyclic) bond motifs is 1. The third-order valence-corrected chi connectivity index (χ3v) is 3.97. The lowest BCUT2D eigenvalue weighted by molar-refractivity contribution is -0.0918. The van der Waals surface area contributed by atoms with Crippen LogP contribution in [0.2, 0.25) is 5.02 Å². The van der Waals surface area contributed by atoms with Crippen molar-refractivity contribution in [3.8, 4) is 11.1 Å². The summed E-state index contributed by atoms with van der Waals surface area (Å²) in [4.78, 5) is 0. The number of aryl methyl sites for hydroxylation is 1. The molecule has 0 aliphatic heterocycles. The van der Waals surface area contributed by atoms with Crippen LogP contribution in [0.5, 0.6) is 0 Å². The molecule has 1 aliphatic rings. The van der Waals surface area contributed by atoms with Crippen LogP contribution in [0.1, 0.15) is 16.7 Å². The van der Waals surface area contributed by atoms with Gasteiger partial charge in [-0.05, 0) is 41.3 Å². The summed E-state index contributed by atoms with van der Waals surface area (Å²) in [6.45, 7) is 1.94. The quantitative estimate of drug-likeness (QED) is 0.623. The molecule has 0 bridgehead atoms. The summed E-state index contributed by atoms with van der Waals surface area (Å²) in [6, 6.07) is 11.0. The lowest BCUT2D eigenvalue weighted by Crippen LogP contribution is -2.11. The number of allylic oxidation sites excluding steroid dienone is 1. The second-order valence-electron chi connectivity index (χ2n) is 5.24. The predicted octanol–water partition coefficient (Wildman–Crippen LogP) is 5.82. The van der Waals surface area contributed by atoms with Gasteiger partial charge in [-0.15, -0.1) is 0 Å². The molecule has 0 heterocycles. The Morgan fingerprint density at radius 2 is 1.81 bits per heavy atom. The van der Waals surface area contributed by atoms with Gasteiger partial charge in [0.15, 0.2) is 0 Å². The van der Waals surface area contributed by atoms with E-state index in [1.54, 1.807) is 12.1 Å². The van der Waals surface area contributed by atoms with Gasteiger partial charge < -0.3 is 0 Å². The second kappa shape index (κ2) is 4.92. The second-order valence-corrected chi connectivity index (χ2v) is 5.65. The van der Waals surface area contributed by atoms with Crippen LogP contribution in [0.15, 0.2) is 42.0 Å². The van der Waals surface area contributed by atoms with Gasteiger partial charge in [0, 0.05) is 22.6 Å². The van der Waals surface area contributed by atoms with Crippen molar-refractivity contribution in [2.24, 2.45) is 0 Å². The Morgan fingerprint density at radius 1 is 1.05 bits per heavy atom. The van der Waals surface area contributed by atoms with E-state index in [0.717, 1.165) is 16.7 Å². The van der Waals surface area contributed by atoms with E-state index in [1.165, 1.54) is 6.08 Å². The molecule has 0 atom stereocenters. The predicted molar refractivity (Wildman–Crippen MR) is 79.4 cm³/mol. The molecule has 0 spiro atoms. The van der Waals surface area contributed by atoms with Crippen LogP contribution < -0.4 is 0 Å². The lowest BCUT2D eigenvalue weighted by Gasteiger charge is -2.09. The van der Waals surface area contributed by atoms with Crippen molar-refractivity contribution in [1.82, 2.24) is 0 Å². The fourth-order valence-corrected chi connectivity index (χ4v) is 2.89. The molecule has 21 heavy (non-hydrogen) atoms. The van der Waals surface area contributed by atoms with Crippen molar-refractivity contribution in [1.29, 1.82) is 0 Å². The fourth-order valence-electron chi connectivity index (χ4n) is 2.55. The topological polar surface area (TPSA) is 0 Å². The first-order valence-corrected chi connectivity index (χ1v) is 6.89. The molecule has 0 unspecified atom stereocenters. The molecule has 0 aromatic heterocycles. The number of halogens is 4. The summed E-state index contributed by atoms with van der Waals surface area (Å²) in [7, 11) is 0. The van der Waals surface area contributed by atoms with Crippen molar-refractivity contribution in [2.45, 2.75) is 19.5 Å². The fraction of sp³-hybridized carbons (Fsp3) is 0.176. The van der Waals surface area contributed by atoms with Gasteiger partial charge in [-0.2, -0.15) is 13.2 Å². The van der Waals surface area contributed by atoms with E-state index in [2.05, 4.69) is 0 Å². The maximum absolute atomic E-state index is 12.8. The van der Waals surface area contributed by atoms with Crippen molar-refractivity contribution in [2.75, 3.05) is 0 Å². The van der Waals surface area contributed by atoms with Crippen molar-refractivity contribution >= 4 is 17.7 Å². The average molecular weight is 309 g/mol. The molecule has 0 fully saturated rings. The third kappa shape index (κ3) is 2.70. The summed E-state index contributed by atoms with van der Waals surface area (Å²) >= 11 is 6.22. The maximum Gasteiger partial charge on any atom is 0.413 e. The third-order valence-electron chi connectivity index (χ3n) is 3.65. The molecule has 0 saturated heterocycles. The minimum Gasteiger partial charge on any atom is -0.166 e. The van der Waals surface area contributed by atoms with Gasteiger partial charge in [-0.3, -0.25) is 0 Å². The van der Waals surface area contributed by atoms with Crippen LogP contribution in [0.3, 0.4) is 0 Å². The first-order valence-electron chi connectivity index (χ1n) is 6.52. The van der Waals surface area contributed by atoms with Gasteiger partial charge in [0.05, 0.1) is 0 Å². The highest BCUT2D eigenvalue weighted by Gasteiger charge is 2.36. The van der Waals surface area contributed by atoms with Gasteiger partial charge in [0.25, 0.3) is 0 Å². The number of rotatable bonds is 1. The van der Waals surface area contributed by atoms with Crippen LogP contribution in [0.25, 0.3) is 17.2 Å². The minimum absolute atomic E-state index is 0.0733. The number of alkyl halides is 3. The van der Waals surface area contributed by atoms with E-state index in [9.17, 15) is 13.2 Å². The monoisotopic (exact) mass is 308 g/mol. The normalized spacial score (nSPS) is 14.0. The Balaban J connectivity index is 1.98. The zero-order valence-electron chi connectivity index (χ0n) is 11.3. The summed E-state index contributed by atoms with van der Waals surface area (Å²) in [5, 5.41) is 0.608. The Bertz CT molecular complexity index is 742. The van der Waals surface area contributed by atoms with E-state index < -0.39 is 11.7 Å². The molecule has 108 valence electrons. The van der Waals surface area contributed by atoms with Crippen molar-refractivity contribution < 1.29 is 13.2 Å². The summed E-state index contributed by atoms with van der Waals surface area (Å²) < 4.78 is 38.3. The van der Waals surface area contributed by atoms with Gasteiger partial charge >= 0.3 is 6.18 Å². The van der Waals surface area contributed by atoms with Crippen LogP contribution in [0, 0.1) is 6.92 Å². The number of hydrogen-bond acceptors (Lipinski definition) is 0. The Labute approximate surface area is 125 Å². The van der Waals surface area contributed by atoms with E-state index in [0.29, 0.717) is 16.1 Å². The Kier molecular flexibility index (Phi) is 3.33. The molecule has 0 N–H and O–H groups in total. The first kappa shape index (κ1) is 14.2. The summed E-state index contributed by atoms with van der Waals surface area (Å²) in [5.41, 5.74) is 3.56. The average Bonchev–Trinajstić information content (AvgIpc) is 2.81. The summed E-state index contributed by atoms with van der Waals surface area (Å²) in [6.07, 6.45) is -3.12. The van der Waals surface area contributed by atoms with Crippen LogP contribution >= 0.6 is 11.6 Å². The molecule has 0 amide bonds. The summed E-state index contributed by atoms with van der Waals surface area (Å²) in [5.74, 6) is 0. The molecule has 1 aliphatic carbocycles. The molecule has 4 heteroatoms. The van der Waals surface area contributed by atoms with Crippen molar-refractivity contribution in [3.63, 3.8) is 0 Å². The number of benzene rings is 2. The minimum atomic E-state index is -4.26. The molecule has 3 rings (SSSR count). The van der Waals surface area contributed by atoms with Crippen molar-refractivity contribution in [3.05, 3.63) is 63.7 Å². The molecular formula is C17H12ClF3. The van der Waals surface area contributed by atoms with Gasteiger partial charge in [-0.25, -0.2) is 0 Å². The van der Waals surface area contributed by atoms with E-state index >= 15 is 0 Å². The molecule has 0 saturated carbocycles. The van der Waals surface area contributed by atoms with E-state index in [1.807, 2.05) is 31.2 Å². The highest BCUT2D eigenvalue weighted by atomic mass is 35.5. The SMILES string of the molecule is Cc1ccc(-c2ccc3c(c2)CC(C(F)(F)F)=C3)c(Cl)c1. The maximum atomic E-state index is 12.8. The standard InChI is InChI=1S/C17H12ClF3/c1-10-2-5-15(16(18)6-10)12-4-3-11-8-14(17(19,20)21)9-13(11)7-12/h2-8H,9H2,1H3. The smallest absolute Gasteiger partial charge is 0.166 e. The van der Waals surface area contributed by atoms with Crippen LogP contribution in [-0.2, 0) is 6.42 Å². The molecule has 2 aromatic carbocycles. The molecule has 0 nitrogen and oxygen atoms in total. The highest BCUT2D eigenvalue weighted by Crippen LogP contribution is 2.38. The zero-order valence-corrected chi connectivity index (χ0v) is 12.0. The molecule has 2 aromatic rings. The van der Waals surface area contributed by atoms with Gasteiger partial charge in [-0.1, -0.05) is 41.9 Å². The van der Waals surface area contributed by atoms with E-state index in [-0.39, 0.29) is 6.42 Å². The molecule has 0 radical (unpaired) electrons. The highest BCUT2D eigenvalue weighted by molar-refractivity contribution is 6.33. The zero-order chi connectivity index (χ0) is 15.2. The Morgan fingerprint density at radius 3 is 2.48 bits per heavy atom. The van der Waals surface area contributed by atoms with E-state index in [4.69, 9.17) is 11.6 Å². The van der Waals surface area contributed by atoms with Crippen LogP contribution in [0.4, 0.5) is 13.2 Å². The lowest BCUT2D eigenvalue weighted by atomic mass is 9.99. The first-order chi connectivity index (χ1) is 9.84. The number of hydrogen-bond donors (Lipinski definition) is 0.